The van der Waals surface area contributed by atoms with E-state index in [1.165, 1.54) is 18.1 Å². The van der Waals surface area contributed by atoms with Crippen LogP contribution >= 0.6 is 0 Å². The van der Waals surface area contributed by atoms with Gasteiger partial charge in [0.15, 0.2) is 11.6 Å². The molecule has 3 atom stereocenters. The zero-order valence-electron chi connectivity index (χ0n) is 24.1. The quantitative estimate of drug-likeness (QED) is 0.444. The smallest absolute Gasteiger partial charge is 0.321 e. The Hall–Kier alpha value is -2.84. The van der Waals surface area contributed by atoms with E-state index >= 15 is 0 Å². The molecule has 6 nitrogen and oxygen atoms in total. The fourth-order valence-corrected chi connectivity index (χ4v) is 7.64. The molecule has 3 fully saturated rings. The summed E-state index contributed by atoms with van der Waals surface area (Å²) in [6.45, 7) is 5.69. The van der Waals surface area contributed by atoms with Crippen LogP contribution in [-0.2, 0) is 16.0 Å². The Morgan fingerprint density at radius 2 is 1.66 bits per heavy atom. The first-order valence-corrected chi connectivity index (χ1v) is 15.3. The fraction of sp³-hybridized carbons (Fsp3) is 0.576. The second-order valence-electron chi connectivity index (χ2n) is 12.1. The minimum absolute atomic E-state index is 0.0522. The van der Waals surface area contributed by atoms with Gasteiger partial charge in [-0.2, -0.15) is 0 Å². The average Bonchev–Trinajstić information content (AvgIpc) is 3.41. The van der Waals surface area contributed by atoms with Crippen molar-refractivity contribution in [3.8, 4) is 0 Å². The average molecular weight is 568 g/mol. The monoisotopic (exact) mass is 567 g/mol. The van der Waals surface area contributed by atoms with E-state index in [1.54, 1.807) is 0 Å². The summed E-state index contributed by atoms with van der Waals surface area (Å²) >= 11 is 0. The highest BCUT2D eigenvalue weighted by Gasteiger charge is 2.45. The molecule has 3 unspecified atom stereocenters. The zero-order chi connectivity index (χ0) is 28.9. The molecule has 5 rings (SSSR count). The number of likely N-dealkylation sites (tertiary alicyclic amines) is 2. The summed E-state index contributed by atoms with van der Waals surface area (Å²) in [7, 11) is 0. The van der Waals surface area contributed by atoms with Crippen molar-refractivity contribution in [1.29, 1.82) is 0 Å². The van der Waals surface area contributed by atoms with Crippen LogP contribution in [0.2, 0.25) is 0 Å². The predicted octanol–water partition coefficient (Wildman–Crippen LogP) is 5.32. The summed E-state index contributed by atoms with van der Waals surface area (Å²) in [5, 5.41) is 10.3. The highest BCUT2D eigenvalue weighted by atomic mass is 19.2. The molecule has 1 aliphatic carbocycles. The SMILES string of the molecule is CCN(C(=O)Cc1ccc(F)c(F)c1)C1CCN(C2CN(C(C(=O)O)C3CCCCC3)CC2c2ccccc2)CC1. The van der Waals surface area contributed by atoms with Gasteiger partial charge in [0, 0.05) is 50.7 Å². The van der Waals surface area contributed by atoms with Crippen molar-refractivity contribution in [2.45, 2.75) is 82.3 Å². The molecule has 1 amide bonds. The van der Waals surface area contributed by atoms with Crippen LogP contribution in [0.25, 0.3) is 0 Å². The Labute approximate surface area is 242 Å². The predicted molar refractivity (Wildman–Crippen MR) is 155 cm³/mol. The highest BCUT2D eigenvalue weighted by Crippen LogP contribution is 2.38. The van der Waals surface area contributed by atoms with Gasteiger partial charge in [-0.3, -0.25) is 19.4 Å². The summed E-state index contributed by atoms with van der Waals surface area (Å²) in [5.41, 5.74) is 1.74. The molecule has 2 saturated heterocycles. The van der Waals surface area contributed by atoms with E-state index in [1.807, 2.05) is 17.9 Å². The van der Waals surface area contributed by atoms with E-state index in [4.69, 9.17) is 0 Å². The van der Waals surface area contributed by atoms with Crippen LogP contribution in [0.4, 0.5) is 8.78 Å². The molecule has 2 aliphatic heterocycles. The van der Waals surface area contributed by atoms with Crippen LogP contribution in [-0.4, -0.2) is 82.5 Å². The number of carboxylic acid groups (broad SMARTS) is 1. The molecule has 3 aliphatic rings. The maximum atomic E-state index is 13.7. The van der Waals surface area contributed by atoms with Crippen LogP contribution in [0.3, 0.4) is 0 Å². The fourth-order valence-electron chi connectivity index (χ4n) is 7.64. The summed E-state index contributed by atoms with van der Waals surface area (Å²) in [4.78, 5) is 32.4. The van der Waals surface area contributed by atoms with Gasteiger partial charge in [0.2, 0.25) is 5.91 Å². The first-order valence-electron chi connectivity index (χ1n) is 15.3. The number of benzene rings is 2. The van der Waals surface area contributed by atoms with Crippen LogP contribution in [0, 0.1) is 17.6 Å². The number of amides is 1. The van der Waals surface area contributed by atoms with E-state index < -0.39 is 23.6 Å². The van der Waals surface area contributed by atoms with Gasteiger partial charge < -0.3 is 10.0 Å². The van der Waals surface area contributed by atoms with Crippen molar-refractivity contribution in [2.24, 2.45) is 5.92 Å². The molecular weight excluding hydrogens is 524 g/mol. The zero-order valence-corrected chi connectivity index (χ0v) is 24.1. The Balaban J connectivity index is 1.27. The third-order valence-electron chi connectivity index (χ3n) is 9.70. The summed E-state index contributed by atoms with van der Waals surface area (Å²) in [6.07, 6.45) is 7.13. The summed E-state index contributed by atoms with van der Waals surface area (Å²) in [5.74, 6) is -2.16. The molecule has 8 heteroatoms. The normalized spacial score (nSPS) is 23.9. The Morgan fingerprint density at radius 3 is 2.29 bits per heavy atom. The Morgan fingerprint density at radius 1 is 0.951 bits per heavy atom. The summed E-state index contributed by atoms with van der Waals surface area (Å²) < 4.78 is 27.0. The number of carboxylic acids is 1. The van der Waals surface area contributed by atoms with Crippen LogP contribution in [0.15, 0.2) is 48.5 Å². The van der Waals surface area contributed by atoms with E-state index in [0.717, 1.165) is 76.8 Å². The minimum Gasteiger partial charge on any atom is -0.480 e. The van der Waals surface area contributed by atoms with Gasteiger partial charge in [-0.25, -0.2) is 8.78 Å². The second kappa shape index (κ2) is 13.4. The summed E-state index contributed by atoms with van der Waals surface area (Å²) in [6, 6.07) is 14.0. The van der Waals surface area contributed by atoms with Gasteiger partial charge in [0.1, 0.15) is 6.04 Å². The number of rotatable bonds is 9. The van der Waals surface area contributed by atoms with Gasteiger partial charge in [-0.1, -0.05) is 55.7 Å². The van der Waals surface area contributed by atoms with Crippen molar-refractivity contribution < 1.29 is 23.5 Å². The lowest BCUT2D eigenvalue weighted by atomic mass is 9.83. The van der Waals surface area contributed by atoms with E-state index in [0.29, 0.717) is 12.1 Å². The molecule has 0 radical (unpaired) electrons. The lowest BCUT2D eigenvalue weighted by Crippen LogP contribution is -2.52. The Bertz CT molecular complexity index is 1180. The first-order chi connectivity index (χ1) is 19.9. The van der Waals surface area contributed by atoms with Crippen molar-refractivity contribution in [1.82, 2.24) is 14.7 Å². The number of hydrogen-bond acceptors (Lipinski definition) is 4. The first kappa shape index (κ1) is 29.6. The number of hydrogen-bond donors (Lipinski definition) is 1. The molecule has 0 bridgehead atoms. The number of carbonyl (C=O) groups excluding carboxylic acids is 1. The molecule has 222 valence electrons. The van der Waals surface area contributed by atoms with Gasteiger partial charge in [-0.05, 0) is 61.8 Å². The van der Waals surface area contributed by atoms with Gasteiger partial charge in [0.25, 0.3) is 0 Å². The minimum atomic E-state index is -0.932. The standard InChI is InChI=1S/C33H43F2N3O3/c1-2-38(31(39)20-23-13-14-28(34)29(35)19-23)26-15-17-36(18-16-26)30-22-37(21-27(30)24-9-5-3-6-10-24)32(33(40)41)25-11-7-4-8-12-25/h3,5-6,9-10,13-14,19,25-27,30,32H,2,4,7-8,11-12,15-18,20-22H2,1H3,(H,40,41). The van der Waals surface area contributed by atoms with Gasteiger partial charge >= 0.3 is 5.97 Å². The molecule has 1 N–H and O–H groups in total. The lowest BCUT2D eigenvalue weighted by Gasteiger charge is -2.42. The number of likely N-dealkylation sites (N-methyl/N-ethyl adjacent to an activating group) is 1. The number of aliphatic carboxylic acids is 1. The van der Waals surface area contributed by atoms with Crippen LogP contribution < -0.4 is 0 Å². The molecule has 0 spiro atoms. The third-order valence-corrected chi connectivity index (χ3v) is 9.70. The number of nitrogens with zero attached hydrogens (tertiary/aromatic N) is 3. The van der Waals surface area contributed by atoms with E-state index in [-0.39, 0.29) is 36.2 Å². The van der Waals surface area contributed by atoms with Crippen molar-refractivity contribution in [3.63, 3.8) is 0 Å². The number of halogens is 2. The van der Waals surface area contributed by atoms with Crippen molar-refractivity contribution in [2.75, 3.05) is 32.7 Å². The molecule has 2 aromatic carbocycles. The molecular formula is C33H43F2N3O3. The Kier molecular flexibility index (Phi) is 9.71. The van der Waals surface area contributed by atoms with E-state index in [9.17, 15) is 23.5 Å². The van der Waals surface area contributed by atoms with Gasteiger partial charge in [-0.15, -0.1) is 0 Å². The molecule has 2 aromatic rings. The molecule has 1 saturated carbocycles. The van der Waals surface area contributed by atoms with Gasteiger partial charge in [0.05, 0.1) is 6.42 Å². The topological polar surface area (TPSA) is 64.1 Å². The van der Waals surface area contributed by atoms with E-state index in [2.05, 4.69) is 34.1 Å². The maximum absolute atomic E-state index is 13.7. The number of piperidine rings is 1. The molecule has 41 heavy (non-hydrogen) atoms. The lowest BCUT2D eigenvalue weighted by molar-refractivity contribution is -0.145. The van der Waals surface area contributed by atoms with Crippen molar-refractivity contribution in [3.05, 3.63) is 71.3 Å². The van der Waals surface area contributed by atoms with Crippen LogP contribution in [0.1, 0.15) is 68.9 Å². The second-order valence-corrected chi connectivity index (χ2v) is 12.1. The molecule has 0 aromatic heterocycles. The number of carbonyl (C=O) groups is 2. The maximum Gasteiger partial charge on any atom is 0.321 e. The highest BCUT2D eigenvalue weighted by molar-refractivity contribution is 5.79. The molecule has 2 heterocycles. The third kappa shape index (κ3) is 6.81. The largest absolute Gasteiger partial charge is 0.480 e. The van der Waals surface area contributed by atoms with Crippen LogP contribution in [0.5, 0.6) is 0 Å². The van der Waals surface area contributed by atoms with Crippen molar-refractivity contribution >= 4 is 11.9 Å².